The summed E-state index contributed by atoms with van der Waals surface area (Å²) in [5.74, 6) is 0. The number of hydrogen-bond acceptors (Lipinski definition) is 2. The van der Waals surface area contributed by atoms with Gasteiger partial charge in [-0.2, -0.15) is 0 Å². The second-order valence-electron chi connectivity index (χ2n) is 2.39. The first-order valence-corrected chi connectivity index (χ1v) is 4.52. The third-order valence-corrected chi connectivity index (χ3v) is 2.13. The van der Waals surface area contributed by atoms with Crippen molar-refractivity contribution in [3.05, 3.63) is 21.5 Å². The van der Waals surface area contributed by atoms with E-state index in [4.69, 9.17) is 10.8 Å². The molecular formula is C7H11IN2O. The first kappa shape index (κ1) is 9.02. The van der Waals surface area contributed by atoms with Crippen molar-refractivity contribution in [2.45, 2.75) is 12.5 Å². The second kappa shape index (κ2) is 4.08. The summed E-state index contributed by atoms with van der Waals surface area (Å²) >= 11 is 2.21. The van der Waals surface area contributed by atoms with Crippen LogP contribution in [0.5, 0.6) is 0 Å². The van der Waals surface area contributed by atoms with Crippen LogP contribution in [0, 0.1) is 3.57 Å². The van der Waals surface area contributed by atoms with Gasteiger partial charge in [-0.05, 0) is 35.1 Å². The fourth-order valence-corrected chi connectivity index (χ4v) is 1.38. The van der Waals surface area contributed by atoms with Gasteiger partial charge < -0.3 is 15.8 Å². The molecule has 0 amide bonds. The van der Waals surface area contributed by atoms with E-state index in [9.17, 15) is 0 Å². The largest absolute Gasteiger partial charge is 0.396 e. The summed E-state index contributed by atoms with van der Waals surface area (Å²) in [6.07, 6.45) is 2.50. The molecule has 1 unspecified atom stereocenters. The minimum Gasteiger partial charge on any atom is -0.396 e. The lowest BCUT2D eigenvalue weighted by molar-refractivity contribution is 0.276. The number of hydrogen-bond donors (Lipinski definition) is 3. The molecule has 1 rings (SSSR count). The summed E-state index contributed by atoms with van der Waals surface area (Å²) in [7, 11) is 0. The highest BCUT2D eigenvalue weighted by molar-refractivity contribution is 14.1. The first-order chi connectivity index (χ1) is 5.24. The molecule has 0 radical (unpaired) electrons. The van der Waals surface area contributed by atoms with Crippen LogP contribution in [0.15, 0.2) is 12.3 Å². The van der Waals surface area contributed by atoms with Gasteiger partial charge in [-0.15, -0.1) is 0 Å². The quantitative estimate of drug-likeness (QED) is 0.715. The SMILES string of the molecule is NC(CCO)c1cc(I)c[nH]1. The molecule has 0 aliphatic heterocycles. The van der Waals surface area contributed by atoms with Crippen LogP contribution in [0.25, 0.3) is 0 Å². The molecule has 1 heterocycles. The van der Waals surface area contributed by atoms with Crippen LogP contribution in [-0.2, 0) is 0 Å². The molecule has 3 nitrogen and oxygen atoms in total. The van der Waals surface area contributed by atoms with E-state index < -0.39 is 0 Å². The van der Waals surface area contributed by atoms with Gasteiger partial charge >= 0.3 is 0 Å². The molecule has 1 atom stereocenters. The number of aromatic amines is 1. The fourth-order valence-electron chi connectivity index (χ4n) is 0.893. The second-order valence-corrected chi connectivity index (χ2v) is 3.64. The number of aromatic nitrogens is 1. The van der Waals surface area contributed by atoms with Gasteiger partial charge in [0.2, 0.25) is 0 Å². The van der Waals surface area contributed by atoms with Crippen LogP contribution in [0.1, 0.15) is 18.2 Å². The number of halogens is 1. The molecule has 0 aromatic carbocycles. The van der Waals surface area contributed by atoms with Crippen molar-refractivity contribution in [3.8, 4) is 0 Å². The Bertz CT molecular complexity index is 224. The Hall–Kier alpha value is -0.0700. The maximum absolute atomic E-state index is 8.61. The molecule has 0 aliphatic carbocycles. The van der Waals surface area contributed by atoms with Crippen LogP contribution in [0.3, 0.4) is 0 Å². The number of aliphatic hydroxyl groups is 1. The summed E-state index contributed by atoms with van der Waals surface area (Å²) in [5, 5.41) is 8.61. The van der Waals surface area contributed by atoms with Crippen LogP contribution < -0.4 is 5.73 Å². The van der Waals surface area contributed by atoms with E-state index in [1.807, 2.05) is 12.3 Å². The molecule has 0 fully saturated rings. The third-order valence-electron chi connectivity index (χ3n) is 1.51. The van der Waals surface area contributed by atoms with Crippen molar-refractivity contribution in [1.82, 2.24) is 4.98 Å². The Labute approximate surface area is 79.1 Å². The van der Waals surface area contributed by atoms with Gasteiger partial charge in [-0.3, -0.25) is 0 Å². The Kier molecular flexibility index (Phi) is 3.35. The van der Waals surface area contributed by atoms with E-state index in [0.29, 0.717) is 6.42 Å². The Balaban J connectivity index is 2.60. The van der Waals surface area contributed by atoms with Gasteiger partial charge in [0, 0.05) is 28.1 Å². The van der Waals surface area contributed by atoms with Gasteiger partial charge in [0.25, 0.3) is 0 Å². The summed E-state index contributed by atoms with van der Waals surface area (Å²) in [6.45, 7) is 0.136. The van der Waals surface area contributed by atoms with E-state index in [-0.39, 0.29) is 12.6 Å². The monoisotopic (exact) mass is 266 g/mol. The van der Waals surface area contributed by atoms with Crippen LogP contribution >= 0.6 is 22.6 Å². The molecule has 0 spiro atoms. The van der Waals surface area contributed by atoms with Crippen molar-refractivity contribution in [3.63, 3.8) is 0 Å². The summed E-state index contributed by atoms with van der Waals surface area (Å²) in [5.41, 5.74) is 6.71. The lowest BCUT2D eigenvalue weighted by Gasteiger charge is -2.05. The fraction of sp³-hybridized carbons (Fsp3) is 0.429. The molecule has 4 N–H and O–H groups in total. The standard InChI is InChI=1S/C7H11IN2O/c8-5-3-7(10-4-5)6(9)1-2-11/h3-4,6,10-11H,1-2,9H2. The number of nitrogens with two attached hydrogens (primary N) is 1. The molecule has 0 aliphatic rings. The van der Waals surface area contributed by atoms with E-state index in [1.165, 1.54) is 0 Å². The normalized spacial score (nSPS) is 13.4. The average Bonchev–Trinajstić information content (AvgIpc) is 2.36. The van der Waals surface area contributed by atoms with Crippen molar-refractivity contribution >= 4 is 22.6 Å². The summed E-state index contributed by atoms with van der Waals surface area (Å²) in [4.78, 5) is 3.05. The van der Waals surface area contributed by atoms with Crippen LogP contribution in [0.2, 0.25) is 0 Å². The van der Waals surface area contributed by atoms with Crippen LogP contribution in [-0.4, -0.2) is 16.7 Å². The molecule has 62 valence electrons. The number of nitrogens with one attached hydrogen (secondary N) is 1. The lowest BCUT2D eigenvalue weighted by atomic mass is 10.2. The zero-order valence-electron chi connectivity index (χ0n) is 6.05. The molecule has 11 heavy (non-hydrogen) atoms. The molecular weight excluding hydrogens is 255 g/mol. The molecule has 4 heteroatoms. The minimum atomic E-state index is -0.0662. The number of aliphatic hydroxyl groups excluding tert-OH is 1. The van der Waals surface area contributed by atoms with E-state index >= 15 is 0 Å². The predicted molar refractivity (Wildman–Crippen MR) is 52.1 cm³/mol. The van der Waals surface area contributed by atoms with Crippen molar-refractivity contribution in [1.29, 1.82) is 0 Å². The number of rotatable bonds is 3. The Morgan fingerprint density at radius 3 is 2.91 bits per heavy atom. The molecule has 1 aromatic rings. The predicted octanol–water partition coefficient (Wildman–Crippen LogP) is 1.00. The highest BCUT2D eigenvalue weighted by Gasteiger charge is 2.05. The highest BCUT2D eigenvalue weighted by Crippen LogP contribution is 2.14. The van der Waals surface area contributed by atoms with Crippen molar-refractivity contribution < 1.29 is 5.11 Å². The van der Waals surface area contributed by atoms with Gasteiger partial charge in [0.1, 0.15) is 0 Å². The van der Waals surface area contributed by atoms with E-state index in [1.54, 1.807) is 0 Å². The Morgan fingerprint density at radius 2 is 2.45 bits per heavy atom. The van der Waals surface area contributed by atoms with Gasteiger partial charge in [0.15, 0.2) is 0 Å². The Morgan fingerprint density at radius 1 is 1.73 bits per heavy atom. The third kappa shape index (κ3) is 2.46. The van der Waals surface area contributed by atoms with Gasteiger partial charge in [0.05, 0.1) is 0 Å². The van der Waals surface area contributed by atoms with Gasteiger partial charge in [-0.1, -0.05) is 0 Å². The topological polar surface area (TPSA) is 62.0 Å². The maximum Gasteiger partial charge on any atom is 0.0470 e. The molecule has 1 aromatic heterocycles. The molecule has 0 saturated carbocycles. The zero-order valence-corrected chi connectivity index (χ0v) is 8.21. The lowest BCUT2D eigenvalue weighted by Crippen LogP contribution is -2.11. The van der Waals surface area contributed by atoms with Crippen LogP contribution in [0.4, 0.5) is 0 Å². The smallest absolute Gasteiger partial charge is 0.0470 e. The zero-order chi connectivity index (χ0) is 8.27. The van der Waals surface area contributed by atoms with Crippen molar-refractivity contribution in [2.75, 3.05) is 6.61 Å². The minimum absolute atomic E-state index is 0.0662. The van der Waals surface area contributed by atoms with Gasteiger partial charge in [-0.25, -0.2) is 0 Å². The first-order valence-electron chi connectivity index (χ1n) is 3.44. The van der Waals surface area contributed by atoms with Crippen molar-refractivity contribution in [2.24, 2.45) is 5.73 Å². The van der Waals surface area contributed by atoms with E-state index in [2.05, 4.69) is 27.6 Å². The maximum atomic E-state index is 8.61. The summed E-state index contributed by atoms with van der Waals surface area (Å²) < 4.78 is 1.14. The number of H-pyrrole nitrogens is 1. The molecule has 0 bridgehead atoms. The summed E-state index contributed by atoms with van der Waals surface area (Å²) in [6, 6.07) is 1.92. The highest BCUT2D eigenvalue weighted by atomic mass is 127. The molecule has 0 saturated heterocycles. The average molecular weight is 266 g/mol. The van der Waals surface area contributed by atoms with E-state index in [0.717, 1.165) is 9.26 Å².